The maximum Gasteiger partial charge on any atom is 0.309 e. The van der Waals surface area contributed by atoms with Crippen LogP contribution in [-0.2, 0) is 9.59 Å². The standard InChI is InChI=1S/C20H26FN3O3/c21-16-3-1-2-4-17(16)24-9-5-14(6-10-24)23-11-7-20(8-12-23)15(19(26)27)13-18(25)22-20/h1-4,14-15H,5-13H2,(H,22,25)(H,26,27)/t15-/m1/s1. The first-order valence-electron chi connectivity index (χ1n) is 9.76. The summed E-state index contributed by atoms with van der Waals surface area (Å²) in [6, 6.07) is 7.34. The third-order valence-electron chi connectivity index (χ3n) is 6.61. The van der Waals surface area contributed by atoms with Gasteiger partial charge in [-0.2, -0.15) is 0 Å². The monoisotopic (exact) mass is 375 g/mol. The lowest BCUT2D eigenvalue weighted by Gasteiger charge is -2.46. The predicted octanol–water partition coefficient (Wildman–Crippen LogP) is 1.85. The maximum atomic E-state index is 14.0. The highest BCUT2D eigenvalue weighted by Crippen LogP contribution is 2.38. The molecule has 4 rings (SSSR count). The fourth-order valence-electron chi connectivity index (χ4n) is 5.06. The summed E-state index contributed by atoms with van der Waals surface area (Å²) < 4.78 is 14.0. The molecule has 3 aliphatic heterocycles. The number of nitrogens with one attached hydrogen (secondary N) is 1. The molecule has 0 radical (unpaired) electrons. The topological polar surface area (TPSA) is 72.9 Å². The molecule has 3 heterocycles. The first kappa shape index (κ1) is 18.2. The van der Waals surface area contributed by atoms with Crippen molar-refractivity contribution in [1.29, 1.82) is 0 Å². The molecule has 2 N–H and O–H groups in total. The summed E-state index contributed by atoms with van der Waals surface area (Å²) in [4.78, 5) is 27.9. The van der Waals surface area contributed by atoms with Gasteiger partial charge in [0, 0.05) is 38.6 Å². The van der Waals surface area contributed by atoms with Gasteiger partial charge in [-0.05, 0) is 37.8 Å². The van der Waals surface area contributed by atoms with Crippen LogP contribution in [0.2, 0.25) is 0 Å². The molecule has 1 amide bonds. The van der Waals surface area contributed by atoms with Gasteiger partial charge in [0.1, 0.15) is 5.82 Å². The number of carbonyl (C=O) groups excluding carboxylic acids is 1. The third-order valence-corrected chi connectivity index (χ3v) is 6.61. The number of hydrogen-bond acceptors (Lipinski definition) is 4. The largest absolute Gasteiger partial charge is 0.481 e. The van der Waals surface area contributed by atoms with E-state index in [4.69, 9.17) is 0 Å². The third kappa shape index (κ3) is 3.40. The van der Waals surface area contributed by atoms with Gasteiger partial charge < -0.3 is 20.2 Å². The SMILES string of the molecule is O=C1C[C@H](C(=O)O)C2(CCN(C3CCN(c4ccccc4F)CC3)CC2)N1. The number of anilines is 1. The Morgan fingerprint density at radius 3 is 2.44 bits per heavy atom. The van der Waals surface area contributed by atoms with Crippen LogP contribution in [0.3, 0.4) is 0 Å². The van der Waals surface area contributed by atoms with Crippen LogP contribution in [0.4, 0.5) is 10.1 Å². The van der Waals surface area contributed by atoms with Crippen molar-refractivity contribution in [2.24, 2.45) is 5.92 Å². The Labute approximate surface area is 158 Å². The first-order chi connectivity index (χ1) is 13.0. The highest BCUT2D eigenvalue weighted by molar-refractivity contribution is 5.88. The number of carbonyl (C=O) groups is 2. The summed E-state index contributed by atoms with van der Waals surface area (Å²) >= 11 is 0. The van der Waals surface area contributed by atoms with E-state index in [1.54, 1.807) is 6.07 Å². The second-order valence-corrected chi connectivity index (χ2v) is 8.00. The summed E-state index contributed by atoms with van der Waals surface area (Å²) in [5.41, 5.74) is 0.0966. The Morgan fingerprint density at radius 1 is 1.15 bits per heavy atom. The van der Waals surface area contributed by atoms with E-state index >= 15 is 0 Å². The summed E-state index contributed by atoms with van der Waals surface area (Å²) in [6.07, 6.45) is 3.40. The van der Waals surface area contributed by atoms with Crippen molar-refractivity contribution in [2.45, 2.75) is 43.7 Å². The minimum absolute atomic E-state index is 0.0936. The molecule has 1 atom stereocenters. The van der Waals surface area contributed by atoms with Crippen LogP contribution in [0, 0.1) is 11.7 Å². The molecule has 1 aromatic rings. The molecule has 3 fully saturated rings. The zero-order valence-electron chi connectivity index (χ0n) is 15.4. The zero-order valence-corrected chi connectivity index (χ0v) is 15.4. The number of hydrogen-bond donors (Lipinski definition) is 2. The highest BCUT2D eigenvalue weighted by Gasteiger charge is 2.52. The van der Waals surface area contributed by atoms with Crippen molar-refractivity contribution in [2.75, 3.05) is 31.1 Å². The summed E-state index contributed by atoms with van der Waals surface area (Å²) in [5.74, 6) is -1.81. The lowest BCUT2D eigenvalue weighted by Crippen LogP contribution is -2.58. The number of benzene rings is 1. The summed E-state index contributed by atoms with van der Waals surface area (Å²) in [7, 11) is 0. The first-order valence-corrected chi connectivity index (χ1v) is 9.76. The van der Waals surface area contributed by atoms with Gasteiger partial charge >= 0.3 is 5.97 Å². The highest BCUT2D eigenvalue weighted by atomic mass is 19.1. The van der Waals surface area contributed by atoms with Crippen molar-refractivity contribution in [3.8, 4) is 0 Å². The fourth-order valence-corrected chi connectivity index (χ4v) is 5.06. The van der Waals surface area contributed by atoms with E-state index in [2.05, 4.69) is 15.1 Å². The Hall–Kier alpha value is -2.15. The van der Waals surface area contributed by atoms with Crippen molar-refractivity contribution in [3.05, 3.63) is 30.1 Å². The Kier molecular flexibility index (Phi) is 4.80. The molecular formula is C20H26FN3O3. The van der Waals surface area contributed by atoms with E-state index in [1.807, 2.05) is 12.1 Å². The van der Waals surface area contributed by atoms with Gasteiger partial charge in [-0.25, -0.2) is 4.39 Å². The molecule has 0 aliphatic carbocycles. The van der Waals surface area contributed by atoms with Crippen LogP contribution in [-0.4, -0.2) is 59.6 Å². The second-order valence-electron chi connectivity index (χ2n) is 8.00. The second kappa shape index (κ2) is 7.11. The van der Waals surface area contributed by atoms with Gasteiger partial charge in [-0.1, -0.05) is 12.1 Å². The molecule has 0 unspecified atom stereocenters. The van der Waals surface area contributed by atoms with E-state index in [0.717, 1.165) is 39.0 Å². The van der Waals surface area contributed by atoms with Gasteiger partial charge in [0.15, 0.2) is 0 Å². The minimum atomic E-state index is -0.875. The number of likely N-dealkylation sites (tertiary alicyclic amines) is 1. The Bertz CT molecular complexity index is 725. The van der Waals surface area contributed by atoms with Crippen molar-refractivity contribution in [1.82, 2.24) is 10.2 Å². The molecular weight excluding hydrogens is 349 g/mol. The smallest absolute Gasteiger partial charge is 0.309 e. The molecule has 1 spiro atoms. The van der Waals surface area contributed by atoms with Crippen LogP contribution in [0.5, 0.6) is 0 Å². The van der Waals surface area contributed by atoms with Gasteiger partial charge in [0.05, 0.1) is 17.1 Å². The number of carboxylic acids is 1. The lowest BCUT2D eigenvalue weighted by molar-refractivity contribution is -0.144. The molecule has 0 bridgehead atoms. The number of aliphatic carboxylic acids is 1. The number of rotatable bonds is 3. The molecule has 3 aliphatic rings. The van der Waals surface area contributed by atoms with Crippen molar-refractivity contribution in [3.63, 3.8) is 0 Å². The molecule has 146 valence electrons. The van der Waals surface area contributed by atoms with E-state index < -0.39 is 17.4 Å². The quantitative estimate of drug-likeness (QED) is 0.844. The number of para-hydroxylation sites is 1. The van der Waals surface area contributed by atoms with Crippen LogP contribution in [0.15, 0.2) is 24.3 Å². The van der Waals surface area contributed by atoms with Crippen molar-refractivity contribution < 1.29 is 19.1 Å². The normalized spacial score (nSPS) is 26.3. The summed E-state index contributed by atoms with van der Waals surface area (Å²) in [5, 5.41) is 12.4. The number of piperidine rings is 2. The molecule has 27 heavy (non-hydrogen) atoms. The van der Waals surface area contributed by atoms with Crippen LogP contribution < -0.4 is 10.2 Å². The number of halogens is 1. The number of amides is 1. The Morgan fingerprint density at radius 2 is 1.81 bits per heavy atom. The summed E-state index contributed by atoms with van der Waals surface area (Å²) in [6.45, 7) is 3.24. The van der Waals surface area contributed by atoms with Crippen LogP contribution >= 0.6 is 0 Å². The zero-order chi connectivity index (χ0) is 19.0. The van der Waals surface area contributed by atoms with E-state index in [0.29, 0.717) is 24.6 Å². The molecule has 1 aromatic carbocycles. The molecule has 7 heteroatoms. The average molecular weight is 375 g/mol. The molecule has 3 saturated heterocycles. The van der Waals surface area contributed by atoms with E-state index in [1.165, 1.54) is 6.07 Å². The van der Waals surface area contributed by atoms with Gasteiger partial charge in [0.2, 0.25) is 5.91 Å². The lowest BCUT2D eigenvalue weighted by atomic mass is 9.77. The van der Waals surface area contributed by atoms with Crippen LogP contribution in [0.25, 0.3) is 0 Å². The maximum absolute atomic E-state index is 14.0. The number of carboxylic acid groups (broad SMARTS) is 1. The molecule has 0 saturated carbocycles. The Balaban J connectivity index is 1.34. The van der Waals surface area contributed by atoms with Crippen molar-refractivity contribution >= 4 is 17.6 Å². The molecule has 6 nitrogen and oxygen atoms in total. The number of nitrogens with zero attached hydrogens (tertiary/aromatic N) is 2. The fraction of sp³-hybridized carbons (Fsp3) is 0.600. The van der Waals surface area contributed by atoms with Gasteiger partial charge in [-0.15, -0.1) is 0 Å². The predicted molar refractivity (Wildman–Crippen MR) is 99.1 cm³/mol. The molecule has 0 aromatic heterocycles. The van der Waals surface area contributed by atoms with Gasteiger partial charge in [-0.3, -0.25) is 9.59 Å². The van der Waals surface area contributed by atoms with Gasteiger partial charge in [0.25, 0.3) is 0 Å². The van der Waals surface area contributed by atoms with Crippen LogP contribution in [0.1, 0.15) is 32.1 Å². The minimum Gasteiger partial charge on any atom is -0.481 e. The van der Waals surface area contributed by atoms with E-state index in [-0.39, 0.29) is 18.1 Å². The average Bonchev–Trinajstić information content (AvgIpc) is 2.99. The van der Waals surface area contributed by atoms with E-state index in [9.17, 15) is 19.1 Å².